The van der Waals surface area contributed by atoms with Crippen LogP contribution in [0.3, 0.4) is 0 Å². The lowest BCUT2D eigenvalue weighted by molar-refractivity contribution is 0.457. The highest BCUT2D eigenvalue weighted by molar-refractivity contribution is 5.76. The van der Waals surface area contributed by atoms with Crippen molar-refractivity contribution in [3.63, 3.8) is 0 Å². The minimum absolute atomic E-state index is 0.234. The second-order valence-corrected chi connectivity index (χ2v) is 3.42. The van der Waals surface area contributed by atoms with Crippen molar-refractivity contribution >= 4 is 6.08 Å². The van der Waals surface area contributed by atoms with Crippen LogP contribution in [0.1, 0.15) is 11.1 Å². The average Bonchev–Trinajstić information content (AvgIpc) is 2.67. The number of nitrogens with one attached hydrogen (secondary N) is 2. The van der Waals surface area contributed by atoms with Crippen molar-refractivity contribution in [2.45, 2.75) is 0 Å². The van der Waals surface area contributed by atoms with Gasteiger partial charge in [0.15, 0.2) is 0 Å². The molecule has 17 heavy (non-hydrogen) atoms. The van der Waals surface area contributed by atoms with Gasteiger partial charge in [-0.3, -0.25) is 4.98 Å². The van der Waals surface area contributed by atoms with Crippen LogP contribution in [0.5, 0.6) is 5.88 Å². The van der Waals surface area contributed by atoms with Crippen molar-refractivity contribution in [3.05, 3.63) is 46.4 Å². The van der Waals surface area contributed by atoms with Gasteiger partial charge in [-0.1, -0.05) is 18.7 Å². The van der Waals surface area contributed by atoms with Crippen molar-refractivity contribution in [1.82, 2.24) is 9.97 Å². The molecule has 1 heterocycles. The lowest BCUT2D eigenvalue weighted by atomic mass is 10.0. The van der Waals surface area contributed by atoms with E-state index in [0.717, 1.165) is 0 Å². The van der Waals surface area contributed by atoms with E-state index in [1.807, 2.05) is 6.07 Å². The fourth-order valence-electron chi connectivity index (χ4n) is 1.60. The van der Waals surface area contributed by atoms with E-state index >= 15 is 0 Å². The van der Waals surface area contributed by atoms with Crippen LogP contribution in [0.4, 0.5) is 0 Å². The number of aromatic amines is 2. The Morgan fingerprint density at radius 2 is 2.18 bits per heavy atom. The van der Waals surface area contributed by atoms with Gasteiger partial charge in [0.2, 0.25) is 5.88 Å². The third-order valence-corrected chi connectivity index (χ3v) is 2.38. The Hall–Kier alpha value is -2.74. The molecule has 5 nitrogen and oxygen atoms in total. The van der Waals surface area contributed by atoms with E-state index in [0.29, 0.717) is 16.7 Å². The van der Waals surface area contributed by atoms with Gasteiger partial charge in [-0.25, -0.2) is 4.79 Å². The molecule has 0 saturated carbocycles. The Bertz CT molecular complexity index is 674. The normalized spacial score (nSPS) is 9.82. The fourth-order valence-corrected chi connectivity index (χ4v) is 1.60. The SMILES string of the molecule is C=Cc1cc(C#N)ccc1-c1[nH]c(=O)[nH]c1O. The molecule has 84 valence electrons. The molecule has 2 rings (SSSR count). The maximum absolute atomic E-state index is 11.1. The predicted molar refractivity (Wildman–Crippen MR) is 63.3 cm³/mol. The van der Waals surface area contributed by atoms with E-state index in [2.05, 4.69) is 16.5 Å². The number of aromatic nitrogens is 2. The first-order valence-corrected chi connectivity index (χ1v) is 4.84. The van der Waals surface area contributed by atoms with Crippen LogP contribution in [0.2, 0.25) is 0 Å². The van der Waals surface area contributed by atoms with Gasteiger partial charge >= 0.3 is 5.69 Å². The first kappa shape index (κ1) is 10.8. The van der Waals surface area contributed by atoms with Crippen molar-refractivity contribution in [1.29, 1.82) is 5.26 Å². The van der Waals surface area contributed by atoms with Crippen LogP contribution in [0, 0.1) is 11.3 Å². The molecule has 3 N–H and O–H groups in total. The summed E-state index contributed by atoms with van der Waals surface area (Å²) in [5.74, 6) is -0.234. The summed E-state index contributed by atoms with van der Waals surface area (Å²) in [6, 6.07) is 6.89. The monoisotopic (exact) mass is 227 g/mol. The molecule has 0 aliphatic rings. The number of hydrogen-bond acceptors (Lipinski definition) is 3. The molecule has 1 aromatic carbocycles. The van der Waals surface area contributed by atoms with Crippen LogP contribution < -0.4 is 5.69 Å². The molecule has 5 heteroatoms. The van der Waals surface area contributed by atoms with E-state index in [1.54, 1.807) is 24.3 Å². The van der Waals surface area contributed by atoms with E-state index in [4.69, 9.17) is 5.26 Å². The van der Waals surface area contributed by atoms with E-state index in [1.165, 1.54) is 0 Å². The highest BCUT2D eigenvalue weighted by Crippen LogP contribution is 2.28. The topological polar surface area (TPSA) is 92.7 Å². The van der Waals surface area contributed by atoms with Gasteiger partial charge in [0.05, 0.1) is 11.6 Å². The summed E-state index contributed by atoms with van der Waals surface area (Å²) in [5.41, 5.74) is 1.55. The Morgan fingerprint density at radius 3 is 2.71 bits per heavy atom. The van der Waals surface area contributed by atoms with Gasteiger partial charge < -0.3 is 10.1 Å². The number of H-pyrrole nitrogens is 2. The Morgan fingerprint density at radius 1 is 1.41 bits per heavy atom. The van der Waals surface area contributed by atoms with Gasteiger partial charge in [-0.05, 0) is 17.7 Å². The molecule has 0 saturated heterocycles. The molecular weight excluding hydrogens is 218 g/mol. The quantitative estimate of drug-likeness (QED) is 0.727. The summed E-state index contributed by atoms with van der Waals surface area (Å²) < 4.78 is 0. The molecular formula is C12H9N3O2. The smallest absolute Gasteiger partial charge is 0.326 e. The first-order valence-electron chi connectivity index (χ1n) is 4.84. The molecule has 0 aliphatic carbocycles. The average molecular weight is 227 g/mol. The summed E-state index contributed by atoms with van der Waals surface area (Å²) >= 11 is 0. The second kappa shape index (κ2) is 4.02. The summed E-state index contributed by atoms with van der Waals surface area (Å²) in [7, 11) is 0. The fraction of sp³-hybridized carbons (Fsp3) is 0. The van der Waals surface area contributed by atoms with Gasteiger partial charge in [-0.2, -0.15) is 5.26 Å². The van der Waals surface area contributed by atoms with Crippen LogP contribution in [-0.4, -0.2) is 15.1 Å². The number of benzene rings is 1. The molecule has 0 amide bonds. The number of imidazole rings is 1. The number of hydrogen-bond donors (Lipinski definition) is 3. The Labute approximate surface area is 96.7 Å². The van der Waals surface area contributed by atoms with Crippen molar-refractivity contribution in [2.24, 2.45) is 0 Å². The molecule has 0 radical (unpaired) electrons. The van der Waals surface area contributed by atoms with Crippen molar-refractivity contribution < 1.29 is 5.11 Å². The minimum atomic E-state index is -0.489. The third-order valence-electron chi connectivity index (χ3n) is 2.38. The van der Waals surface area contributed by atoms with Gasteiger partial charge in [0, 0.05) is 5.56 Å². The maximum atomic E-state index is 11.1. The first-order chi connectivity index (χ1) is 8.15. The summed E-state index contributed by atoms with van der Waals surface area (Å²) in [5, 5.41) is 18.3. The number of aromatic hydroxyl groups is 1. The second-order valence-electron chi connectivity index (χ2n) is 3.42. The van der Waals surface area contributed by atoms with E-state index in [-0.39, 0.29) is 11.6 Å². The van der Waals surface area contributed by atoms with Crippen molar-refractivity contribution in [2.75, 3.05) is 0 Å². The number of rotatable bonds is 2. The third kappa shape index (κ3) is 1.84. The van der Waals surface area contributed by atoms with Crippen LogP contribution >= 0.6 is 0 Å². The lowest BCUT2D eigenvalue weighted by Gasteiger charge is -2.04. The zero-order valence-electron chi connectivity index (χ0n) is 8.82. The highest BCUT2D eigenvalue weighted by Gasteiger charge is 2.11. The van der Waals surface area contributed by atoms with Gasteiger partial charge in [-0.15, -0.1) is 0 Å². The molecule has 1 aromatic heterocycles. The zero-order valence-corrected chi connectivity index (χ0v) is 8.82. The molecule has 0 aliphatic heterocycles. The summed E-state index contributed by atoms with van der Waals surface area (Å²) in [4.78, 5) is 15.8. The van der Waals surface area contributed by atoms with Gasteiger partial charge in [0.25, 0.3) is 0 Å². The standard InChI is InChI=1S/C12H9N3O2/c1-2-8-5-7(6-13)3-4-9(8)10-11(16)15-12(17)14-10/h2-5,16H,1H2,(H2,14,15,17). The Balaban J connectivity index is 2.68. The zero-order chi connectivity index (χ0) is 12.4. The molecule has 0 atom stereocenters. The van der Waals surface area contributed by atoms with Crippen LogP contribution in [0.15, 0.2) is 29.6 Å². The largest absolute Gasteiger partial charge is 0.493 e. The molecule has 2 aromatic rings. The number of nitrogens with zero attached hydrogens (tertiary/aromatic N) is 1. The molecule has 0 spiro atoms. The van der Waals surface area contributed by atoms with Crippen molar-refractivity contribution in [3.8, 4) is 23.2 Å². The van der Waals surface area contributed by atoms with Crippen LogP contribution in [-0.2, 0) is 0 Å². The highest BCUT2D eigenvalue weighted by atomic mass is 16.3. The van der Waals surface area contributed by atoms with E-state index < -0.39 is 5.69 Å². The predicted octanol–water partition coefficient (Wildman–Crippen LogP) is 1.59. The molecule has 0 fully saturated rings. The number of nitriles is 1. The lowest BCUT2D eigenvalue weighted by Crippen LogP contribution is -2.00. The summed E-state index contributed by atoms with van der Waals surface area (Å²) in [6.45, 7) is 3.64. The minimum Gasteiger partial charge on any atom is -0.493 e. The molecule has 0 bridgehead atoms. The van der Waals surface area contributed by atoms with E-state index in [9.17, 15) is 9.90 Å². The maximum Gasteiger partial charge on any atom is 0.326 e. The summed E-state index contributed by atoms with van der Waals surface area (Å²) in [6.07, 6.45) is 1.56. The Kier molecular flexibility index (Phi) is 2.55. The van der Waals surface area contributed by atoms with Gasteiger partial charge in [0.1, 0.15) is 5.69 Å². The molecule has 0 unspecified atom stereocenters. The van der Waals surface area contributed by atoms with Crippen LogP contribution in [0.25, 0.3) is 17.3 Å².